The van der Waals surface area contributed by atoms with Crippen LogP contribution in [0.1, 0.15) is 83.6 Å². The van der Waals surface area contributed by atoms with Gasteiger partial charge < -0.3 is 19.5 Å². The zero-order valence-corrected chi connectivity index (χ0v) is 21.1. The summed E-state index contributed by atoms with van der Waals surface area (Å²) >= 11 is 0. The summed E-state index contributed by atoms with van der Waals surface area (Å²) < 4.78 is 11.0. The Kier molecular flexibility index (Phi) is 10.1. The van der Waals surface area contributed by atoms with Crippen molar-refractivity contribution < 1.29 is 24.2 Å². The Balaban J connectivity index is 1.82. The number of rotatable bonds is 14. The summed E-state index contributed by atoms with van der Waals surface area (Å²) in [5.41, 5.74) is 0.945. The normalized spacial score (nSPS) is 21.7. The molecular weight excluding hydrogens is 432 g/mol. The fourth-order valence-corrected chi connectivity index (χ4v) is 5.27. The Morgan fingerprint density at radius 3 is 2.32 bits per heavy atom. The first kappa shape index (κ1) is 26.3. The molecule has 2 heterocycles. The van der Waals surface area contributed by atoms with E-state index in [1.807, 2.05) is 23.1 Å². The summed E-state index contributed by atoms with van der Waals surface area (Å²) in [4.78, 5) is 30.0. The lowest BCUT2D eigenvalue weighted by molar-refractivity contribution is -0.143. The molecule has 190 valence electrons. The molecule has 1 amide bonds. The molecule has 3 rings (SSSR count). The minimum absolute atomic E-state index is 0.123. The average Bonchev–Trinajstić information content (AvgIpc) is 3.43. The maximum atomic E-state index is 13.4. The number of carbonyl (C=O) groups excluding carboxylic acids is 1. The van der Waals surface area contributed by atoms with Crippen LogP contribution in [0.2, 0.25) is 0 Å². The molecule has 2 aliphatic heterocycles. The first-order valence-corrected chi connectivity index (χ1v) is 13.1. The number of carboxylic acid groups (broad SMARTS) is 1. The molecule has 34 heavy (non-hydrogen) atoms. The van der Waals surface area contributed by atoms with Gasteiger partial charge in [0.1, 0.15) is 0 Å². The van der Waals surface area contributed by atoms with Crippen molar-refractivity contribution in [3.8, 4) is 11.5 Å². The second kappa shape index (κ2) is 13.0. The van der Waals surface area contributed by atoms with E-state index in [0.29, 0.717) is 18.0 Å². The number of amides is 1. The van der Waals surface area contributed by atoms with Crippen molar-refractivity contribution in [3.05, 3.63) is 23.8 Å². The second-order valence-electron chi connectivity index (χ2n) is 9.66. The Labute approximate surface area is 204 Å². The molecule has 3 atom stereocenters. The molecule has 0 aliphatic carbocycles. The first-order chi connectivity index (χ1) is 16.5. The second-order valence-corrected chi connectivity index (χ2v) is 9.66. The summed E-state index contributed by atoms with van der Waals surface area (Å²) in [7, 11) is 0. The lowest BCUT2D eigenvalue weighted by atomic mass is 9.83. The Morgan fingerprint density at radius 2 is 1.68 bits per heavy atom. The van der Waals surface area contributed by atoms with Crippen LogP contribution < -0.4 is 9.47 Å². The van der Waals surface area contributed by atoms with Crippen LogP contribution in [-0.4, -0.2) is 65.8 Å². The van der Waals surface area contributed by atoms with Crippen LogP contribution in [0, 0.1) is 5.92 Å². The van der Waals surface area contributed by atoms with Crippen molar-refractivity contribution >= 4 is 11.9 Å². The van der Waals surface area contributed by atoms with Gasteiger partial charge in [0.15, 0.2) is 11.5 Å². The maximum absolute atomic E-state index is 13.4. The zero-order chi connectivity index (χ0) is 24.5. The third kappa shape index (κ3) is 6.44. The molecule has 1 aromatic rings. The van der Waals surface area contributed by atoms with Crippen LogP contribution in [0.3, 0.4) is 0 Å². The Morgan fingerprint density at radius 1 is 1.00 bits per heavy atom. The number of hydrogen-bond donors (Lipinski definition) is 1. The number of carboxylic acids is 1. The number of nitrogens with zero attached hydrogens (tertiary/aromatic N) is 2. The highest BCUT2D eigenvalue weighted by molar-refractivity contribution is 5.79. The number of aliphatic carboxylic acids is 1. The van der Waals surface area contributed by atoms with Crippen LogP contribution in [0.5, 0.6) is 11.5 Å². The summed E-state index contributed by atoms with van der Waals surface area (Å²) in [5, 5.41) is 10.3. The van der Waals surface area contributed by atoms with Crippen molar-refractivity contribution in [2.45, 2.75) is 84.1 Å². The molecule has 1 saturated heterocycles. The SMILES string of the molecule is CCCCC[C@@H]1[C@@H](C(=O)O)[C@@H](c2ccc3c(c2)OCO3)CN1CC(=O)N(CCCC)CCCC. The van der Waals surface area contributed by atoms with E-state index < -0.39 is 11.9 Å². The van der Waals surface area contributed by atoms with Gasteiger partial charge in [0.2, 0.25) is 12.7 Å². The molecule has 0 spiro atoms. The lowest BCUT2D eigenvalue weighted by Gasteiger charge is -2.29. The van der Waals surface area contributed by atoms with E-state index in [-0.39, 0.29) is 31.2 Å². The van der Waals surface area contributed by atoms with Gasteiger partial charge >= 0.3 is 5.97 Å². The molecule has 0 unspecified atom stereocenters. The van der Waals surface area contributed by atoms with Gasteiger partial charge in [-0.25, -0.2) is 0 Å². The van der Waals surface area contributed by atoms with Crippen LogP contribution >= 0.6 is 0 Å². The van der Waals surface area contributed by atoms with E-state index in [4.69, 9.17) is 9.47 Å². The Hall–Kier alpha value is -2.28. The lowest BCUT2D eigenvalue weighted by Crippen LogP contribution is -2.44. The van der Waals surface area contributed by atoms with Crippen molar-refractivity contribution in [2.24, 2.45) is 5.92 Å². The molecule has 7 heteroatoms. The van der Waals surface area contributed by atoms with Crippen LogP contribution in [-0.2, 0) is 9.59 Å². The predicted molar refractivity (Wildman–Crippen MR) is 132 cm³/mol. The van der Waals surface area contributed by atoms with E-state index in [2.05, 4.69) is 25.7 Å². The van der Waals surface area contributed by atoms with Gasteiger partial charge in [-0.1, -0.05) is 58.9 Å². The molecular formula is C27H42N2O5. The highest BCUT2D eigenvalue weighted by Crippen LogP contribution is 2.43. The van der Waals surface area contributed by atoms with Gasteiger partial charge in [0.05, 0.1) is 12.5 Å². The molecule has 0 bridgehead atoms. The molecule has 7 nitrogen and oxygen atoms in total. The van der Waals surface area contributed by atoms with Gasteiger partial charge in [0, 0.05) is 31.6 Å². The molecule has 1 fully saturated rings. The fraction of sp³-hybridized carbons (Fsp3) is 0.704. The fourth-order valence-electron chi connectivity index (χ4n) is 5.27. The topological polar surface area (TPSA) is 79.3 Å². The number of ether oxygens (including phenoxy) is 2. The van der Waals surface area contributed by atoms with E-state index in [1.54, 1.807) is 0 Å². The quantitative estimate of drug-likeness (QED) is 0.387. The average molecular weight is 475 g/mol. The van der Waals surface area contributed by atoms with Crippen LogP contribution in [0.15, 0.2) is 18.2 Å². The third-order valence-electron chi connectivity index (χ3n) is 7.22. The van der Waals surface area contributed by atoms with E-state index in [9.17, 15) is 14.7 Å². The summed E-state index contributed by atoms with van der Waals surface area (Å²) in [6.45, 7) is 9.02. The van der Waals surface area contributed by atoms with Gasteiger partial charge in [-0.15, -0.1) is 0 Å². The zero-order valence-electron chi connectivity index (χ0n) is 21.1. The van der Waals surface area contributed by atoms with Crippen molar-refractivity contribution in [1.29, 1.82) is 0 Å². The van der Waals surface area contributed by atoms with Crippen molar-refractivity contribution in [1.82, 2.24) is 9.80 Å². The number of carbonyl (C=O) groups is 2. The summed E-state index contributed by atoms with van der Waals surface area (Å²) in [5.74, 6) is -0.0339. The van der Waals surface area contributed by atoms with E-state index in [0.717, 1.165) is 70.0 Å². The predicted octanol–water partition coefficient (Wildman–Crippen LogP) is 4.89. The van der Waals surface area contributed by atoms with Crippen molar-refractivity contribution in [2.75, 3.05) is 33.0 Å². The van der Waals surface area contributed by atoms with Crippen LogP contribution in [0.4, 0.5) is 0 Å². The molecule has 0 aromatic heterocycles. The third-order valence-corrected chi connectivity index (χ3v) is 7.22. The molecule has 1 N–H and O–H groups in total. The minimum atomic E-state index is -0.784. The van der Waals surface area contributed by atoms with E-state index in [1.165, 1.54) is 0 Å². The maximum Gasteiger partial charge on any atom is 0.308 e. The molecule has 2 aliphatic rings. The first-order valence-electron chi connectivity index (χ1n) is 13.1. The number of unbranched alkanes of at least 4 members (excludes halogenated alkanes) is 4. The van der Waals surface area contributed by atoms with Gasteiger partial charge in [-0.05, 0) is 37.0 Å². The largest absolute Gasteiger partial charge is 0.481 e. The molecule has 0 saturated carbocycles. The Bertz CT molecular complexity index is 806. The van der Waals surface area contributed by atoms with Gasteiger partial charge in [0.25, 0.3) is 0 Å². The van der Waals surface area contributed by atoms with E-state index >= 15 is 0 Å². The number of hydrogen-bond acceptors (Lipinski definition) is 5. The molecule has 0 radical (unpaired) electrons. The summed E-state index contributed by atoms with van der Waals surface area (Å²) in [6.07, 6.45) is 8.00. The minimum Gasteiger partial charge on any atom is -0.481 e. The smallest absolute Gasteiger partial charge is 0.308 e. The summed E-state index contributed by atoms with van der Waals surface area (Å²) in [6, 6.07) is 5.60. The van der Waals surface area contributed by atoms with Gasteiger partial charge in [-0.2, -0.15) is 0 Å². The number of fused-ring (bicyclic) bond motifs is 1. The molecule has 1 aromatic carbocycles. The number of benzene rings is 1. The van der Waals surface area contributed by atoms with Gasteiger partial charge in [-0.3, -0.25) is 14.5 Å². The standard InChI is InChI=1S/C27H42N2O5/c1-4-7-10-11-22-26(27(31)32)21(20-12-13-23-24(16-20)34-19-33-23)17-29(22)18-25(30)28(14-8-5-2)15-9-6-3/h12-13,16,21-22,26H,4-11,14-15,17-19H2,1-3H3,(H,31,32)/t21-,22-,26+/m1/s1. The highest BCUT2D eigenvalue weighted by atomic mass is 16.7. The highest BCUT2D eigenvalue weighted by Gasteiger charge is 2.47. The number of likely N-dealkylation sites (tertiary alicyclic amines) is 1. The van der Waals surface area contributed by atoms with Crippen LogP contribution in [0.25, 0.3) is 0 Å². The monoisotopic (exact) mass is 474 g/mol. The van der Waals surface area contributed by atoms with Crippen molar-refractivity contribution in [3.63, 3.8) is 0 Å².